The van der Waals surface area contributed by atoms with Gasteiger partial charge in [-0.1, -0.05) is 25.0 Å². The SMILES string of the molecule is CN(CCN1Cc2cccc(N)c2C1)C1CCCC1. The molecule has 3 nitrogen and oxygen atoms in total. The van der Waals surface area contributed by atoms with Crippen LogP contribution in [0.4, 0.5) is 5.69 Å². The highest BCUT2D eigenvalue weighted by molar-refractivity contribution is 5.52. The number of nitrogen functional groups attached to an aromatic ring is 1. The van der Waals surface area contributed by atoms with Crippen molar-refractivity contribution in [3.8, 4) is 0 Å². The highest BCUT2D eigenvalue weighted by atomic mass is 15.2. The lowest BCUT2D eigenvalue weighted by atomic mass is 10.1. The average molecular weight is 259 g/mol. The third-order valence-corrected chi connectivity index (χ3v) is 4.80. The molecule has 1 saturated carbocycles. The van der Waals surface area contributed by atoms with Crippen LogP contribution < -0.4 is 5.73 Å². The molecule has 1 aliphatic heterocycles. The molecule has 2 N–H and O–H groups in total. The molecular formula is C16H25N3. The minimum Gasteiger partial charge on any atom is -0.398 e. The number of hydrogen-bond acceptors (Lipinski definition) is 3. The van der Waals surface area contributed by atoms with Crippen LogP contribution >= 0.6 is 0 Å². The van der Waals surface area contributed by atoms with Gasteiger partial charge in [0.25, 0.3) is 0 Å². The molecule has 1 heterocycles. The molecule has 0 aromatic heterocycles. The molecule has 0 unspecified atom stereocenters. The smallest absolute Gasteiger partial charge is 0.0363 e. The lowest BCUT2D eigenvalue weighted by Gasteiger charge is -2.26. The van der Waals surface area contributed by atoms with Gasteiger partial charge in [0.1, 0.15) is 0 Å². The van der Waals surface area contributed by atoms with Crippen LogP contribution in [0, 0.1) is 0 Å². The largest absolute Gasteiger partial charge is 0.398 e. The number of nitrogens with two attached hydrogens (primary N) is 1. The molecule has 1 aliphatic carbocycles. The van der Waals surface area contributed by atoms with Crippen molar-refractivity contribution in [3.05, 3.63) is 29.3 Å². The number of nitrogens with zero attached hydrogens (tertiary/aromatic N) is 2. The average Bonchev–Trinajstić information content (AvgIpc) is 3.05. The number of fused-ring (bicyclic) bond motifs is 1. The minimum absolute atomic E-state index is 0.829. The zero-order chi connectivity index (χ0) is 13.2. The van der Waals surface area contributed by atoms with Crippen molar-refractivity contribution in [2.24, 2.45) is 0 Å². The quantitative estimate of drug-likeness (QED) is 0.843. The van der Waals surface area contributed by atoms with Crippen molar-refractivity contribution in [2.45, 2.75) is 44.8 Å². The van der Waals surface area contributed by atoms with Gasteiger partial charge < -0.3 is 10.6 Å². The predicted molar refractivity (Wildman–Crippen MR) is 79.9 cm³/mol. The van der Waals surface area contributed by atoms with Crippen LogP contribution in [-0.2, 0) is 13.1 Å². The first-order valence-corrected chi connectivity index (χ1v) is 7.53. The molecule has 1 aromatic carbocycles. The molecule has 3 heteroatoms. The fourth-order valence-corrected chi connectivity index (χ4v) is 3.50. The summed E-state index contributed by atoms with van der Waals surface area (Å²) in [7, 11) is 2.29. The Morgan fingerprint density at radius 1 is 1.26 bits per heavy atom. The van der Waals surface area contributed by atoms with E-state index in [2.05, 4.69) is 29.0 Å². The van der Waals surface area contributed by atoms with Crippen LogP contribution in [-0.4, -0.2) is 36.0 Å². The number of rotatable bonds is 4. The summed E-state index contributed by atoms with van der Waals surface area (Å²) in [6.45, 7) is 4.43. The maximum atomic E-state index is 6.05. The van der Waals surface area contributed by atoms with Crippen molar-refractivity contribution in [1.29, 1.82) is 0 Å². The molecule has 19 heavy (non-hydrogen) atoms. The summed E-state index contributed by atoms with van der Waals surface area (Å²) in [6, 6.07) is 7.14. The van der Waals surface area contributed by atoms with E-state index in [0.29, 0.717) is 0 Å². The summed E-state index contributed by atoms with van der Waals surface area (Å²) in [5.74, 6) is 0. The molecule has 0 amide bonds. The Bertz CT molecular complexity index is 438. The first-order chi connectivity index (χ1) is 9.24. The van der Waals surface area contributed by atoms with E-state index in [1.165, 1.54) is 43.4 Å². The topological polar surface area (TPSA) is 32.5 Å². The van der Waals surface area contributed by atoms with Gasteiger partial charge in [0, 0.05) is 37.9 Å². The Hall–Kier alpha value is -1.06. The zero-order valence-electron chi connectivity index (χ0n) is 11.9. The summed E-state index contributed by atoms with van der Waals surface area (Å²) >= 11 is 0. The number of hydrogen-bond donors (Lipinski definition) is 1. The van der Waals surface area contributed by atoms with E-state index in [-0.39, 0.29) is 0 Å². The number of anilines is 1. The second kappa shape index (κ2) is 5.51. The van der Waals surface area contributed by atoms with Crippen LogP contribution in [0.5, 0.6) is 0 Å². The second-order valence-corrected chi connectivity index (χ2v) is 6.11. The van der Waals surface area contributed by atoms with E-state index in [9.17, 15) is 0 Å². The Morgan fingerprint density at radius 3 is 2.79 bits per heavy atom. The van der Waals surface area contributed by atoms with Gasteiger partial charge in [0.2, 0.25) is 0 Å². The van der Waals surface area contributed by atoms with Gasteiger partial charge in [-0.05, 0) is 37.1 Å². The molecule has 1 aromatic rings. The van der Waals surface area contributed by atoms with E-state index in [1.807, 2.05) is 6.07 Å². The molecule has 104 valence electrons. The normalized spacial score (nSPS) is 20.3. The van der Waals surface area contributed by atoms with Gasteiger partial charge in [-0.25, -0.2) is 0 Å². The third kappa shape index (κ3) is 2.77. The Morgan fingerprint density at radius 2 is 2.05 bits per heavy atom. The van der Waals surface area contributed by atoms with Crippen LogP contribution in [0.3, 0.4) is 0 Å². The highest BCUT2D eigenvalue weighted by Gasteiger charge is 2.23. The molecular weight excluding hydrogens is 234 g/mol. The van der Waals surface area contributed by atoms with Crippen LogP contribution in [0.25, 0.3) is 0 Å². The van der Waals surface area contributed by atoms with Crippen molar-refractivity contribution < 1.29 is 0 Å². The van der Waals surface area contributed by atoms with Crippen LogP contribution in [0.15, 0.2) is 18.2 Å². The van der Waals surface area contributed by atoms with E-state index in [4.69, 9.17) is 5.73 Å². The Kier molecular flexibility index (Phi) is 3.76. The van der Waals surface area contributed by atoms with E-state index >= 15 is 0 Å². The highest BCUT2D eigenvalue weighted by Crippen LogP contribution is 2.27. The van der Waals surface area contributed by atoms with Gasteiger partial charge >= 0.3 is 0 Å². The summed E-state index contributed by atoms with van der Waals surface area (Å²) in [5, 5.41) is 0. The fraction of sp³-hybridized carbons (Fsp3) is 0.625. The lowest BCUT2D eigenvalue weighted by molar-refractivity contribution is 0.191. The monoisotopic (exact) mass is 259 g/mol. The van der Waals surface area contributed by atoms with Crippen molar-refractivity contribution in [2.75, 3.05) is 25.9 Å². The first-order valence-electron chi connectivity index (χ1n) is 7.53. The molecule has 1 fully saturated rings. The lowest BCUT2D eigenvalue weighted by Crippen LogP contribution is -2.35. The van der Waals surface area contributed by atoms with Gasteiger partial charge in [-0.2, -0.15) is 0 Å². The van der Waals surface area contributed by atoms with Crippen molar-refractivity contribution >= 4 is 5.69 Å². The van der Waals surface area contributed by atoms with Crippen molar-refractivity contribution in [1.82, 2.24) is 9.80 Å². The maximum absolute atomic E-state index is 6.05. The van der Waals surface area contributed by atoms with E-state index in [0.717, 1.165) is 31.4 Å². The van der Waals surface area contributed by atoms with Crippen molar-refractivity contribution in [3.63, 3.8) is 0 Å². The van der Waals surface area contributed by atoms with Gasteiger partial charge in [0.05, 0.1) is 0 Å². The first kappa shape index (κ1) is 12.9. The summed E-state index contributed by atoms with van der Waals surface area (Å²) < 4.78 is 0. The Balaban J connectivity index is 1.52. The minimum atomic E-state index is 0.829. The molecule has 2 aliphatic rings. The molecule has 0 saturated heterocycles. The van der Waals surface area contributed by atoms with E-state index in [1.54, 1.807) is 0 Å². The fourth-order valence-electron chi connectivity index (χ4n) is 3.50. The maximum Gasteiger partial charge on any atom is 0.0363 e. The number of likely N-dealkylation sites (N-methyl/N-ethyl adjacent to an activating group) is 1. The Labute approximate surface area is 116 Å². The molecule has 0 bridgehead atoms. The zero-order valence-corrected chi connectivity index (χ0v) is 11.9. The second-order valence-electron chi connectivity index (χ2n) is 6.11. The van der Waals surface area contributed by atoms with Crippen LogP contribution in [0.1, 0.15) is 36.8 Å². The predicted octanol–water partition coefficient (Wildman–Crippen LogP) is 2.46. The van der Waals surface area contributed by atoms with E-state index < -0.39 is 0 Å². The number of benzene rings is 1. The van der Waals surface area contributed by atoms with Crippen LogP contribution in [0.2, 0.25) is 0 Å². The standard InChI is InChI=1S/C16H25N3/c1-18(14-6-2-3-7-14)9-10-19-11-13-5-4-8-16(17)15(13)12-19/h4-5,8,14H,2-3,6-7,9-12,17H2,1H3. The van der Waals surface area contributed by atoms with Gasteiger partial charge in [0.15, 0.2) is 0 Å². The summed E-state index contributed by atoms with van der Waals surface area (Å²) in [4.78, 5) is 5.08. The molecule has 3 rings (SSSR count). The molecule has 0 spiro atoms. The third-order valence-electron chi connectivity index (χ3n) is 4.80. The molecule has 0 radical (unpaired) electrons. The van der Waals surface area contributed by atoms with Gasteiger partial charge in [-0.15, -0.1) is 0 Å². The molecule has 0 atom stereocenters. The summed E-state index contributed by atoms with van der Waals surface area (Å²) in [6.07, 6.45) is 5.62. The van der Waals surface area contributed by atoms with Gasteiger partial charge in [-0.3, -0.25) is 4.90 Å². The summed E-state index contributed by atoms with van der Waals surface area (Å²) in [5.41, 5.74) is 9.79.